The Kier molecular flexibility index (Phi) is 8.84. The minimum absolute atomic E-state index is 0.0626. The average molecular weight is 523 g/mol. The van der Waals surface area contributed by atoms with Crippen LogP contribution in [0, 0.1) is 0 Å². The summed E-state index contributed by atoms with van der Waals surface area (Å²) in [6, 6.07) is 16.9. The highest BCUT2D eigenvalue weighted by atomic mass is 19.4. The van der Waals surface area contributed by atoms with E-state index in [1.54, 1.807) is 18.5 Å². The van der Waals surface area contributed by atoms with Gasteiger partial charge in [0.25, 0.3) is 0 Å². The fraction of sp³-hybridized carbons (Fsp3) is 0.333. The second kappa shape index (κ2) is 12.3. The van der Waals surface area contributed by atoms with Gasteiger partial charge in [-0.15, -0.1) is 0 Å². The summed E-state index contributed by atoms with van der Waals surface area (Å²) < 4.78 is 38.6. The molecule has 1 aliphatic heterocycles. The lowest BCUT2D eigenvalue weighted by molar-refractivity contribution is -0.137. The van der Waals surface area contributed by atoms with Crippen molar-refractivity contribution in [1.82, 2.24) is 14.8 Å². The van der Waals surface area contributed by atoms with E-state index in [2.05, 4.69) is 21.7 Å². The molecule has 0 radical (unpaired) electrons. The highest BCUT2D eigenvalue weighted by Crippen LogP contribution is 2.29. The molecule has 0 saturated carbocycles. The highest BCUT2D eigenvalue weighted by Gasteiger charge is 2.30. The van der Waals surface area contributed by atoms with Gasteiger partial charge >= 0.3 is 6.18 Å². The van der Waals surface area contributed by atoms with Crippen molar-refractivity contribution < 1.29 is 18.0 Å². The molecule has 200 valence electrons. The van der Waals surface area contributed by atoms with Gasteiger partial charge in [-0.3, -0.25) is 9.78 Å². The predicted molar refractivity (Wildman–Crippen MR) is 145 cm³/mol. The molecule has 1 fully saturated rings. The number of hydrogen-bond donors (Lipinski definition) is 0. The molecule has 0 bridgehead atoms. The molecule has 0 unspecified atom stereocenters. The van der Waals surface area contributed by atoms with E-state index in [0.29, 0.717) is 12.1 Å². The third-order valence-electron chi connectivity index (χ3n) is 7.03. The number of nitrogens with zero attached hydrogens (tertiary/aromatic N) is 4. The summed E-state index contributed by atoms with van der Waals surface area (Å²) in [6.45, 7) is 5.33. The largest absolute Gasteiger partial charge is 0.416 e. The molecule has 1 aliphatic rings. The Hall–Kier alpha value is -3.65. The maximum Gasteiger partial charge on any atom is 0.416 e. The quantitative estimate of drug-likeness (QED) is 0.321. The van der Waals surface area contributed by atoms with Gasteiger partial charge in [0, 0.05) is 56.0 Å². The Morgan fingerprint density at radius 1 is 1.03 bits per heavy atom. The molecule has 3 aromatic rings. The number of aromatic nitrogens is 1. The maximum absolute atomic E-state index is 13.4. The van der Waals surface area contributed by atoms with Crippen LogP contribution in [0.2, 0.25) is 0 Å². The number of anilines is 2. The van der Waals surface area contributed by atoms with Gasteiger partial charge in [0.15, 0.2) is 0 Å². The van der Waals surface area contributed by atoms with Gasteiger partial charge in [-0.05, 0) is 79.5 Å². The van der Waals surface area contributed by atoms with Gasteiger partial charge in [-0.1, -0.05) is 31.2 Å². The molecule has 2 heterocycles. The molecule has 8 heteroatoms. The first-order chi connectivity index (χ1) is 18.2. The number of piperidine rings is 1. The molecule has 2 aromatic carbocycles. The van der Waals surface area contributed by atoms with Gasteiger partial charge in [0.05, 0.1) is 5.56 Å². The number of carbonyl (C=O) groups is 1. The van der Waals surface area contributed by atoms with Crippen molar-refractivity contribution in [3.8, 4) is 0 Å². The third kappa shape index (κ3) is 7.01. The van der Waals surface area contributed by atoms with Crippen LogP contribution >= 0.6 is 0 Å². The lowest BCUT2D eigenvalue weighted by atomic mass is 10.0. The summed E-state index contributed by atoms with van der Waals surface area (Å²) in [5.74, 6) is -0.147. The van der Waals surface area contributed by atoms with E-state index in [9.17, 15) is 18.0 Å². The Balaban J connectivity index is 1.51. The molecule has 38 heavy (non-hydrogen) atoms. The zero-order valence-corrected chi connectivity index (χ0v) is 21.7. The van der Waals surface area contributed by atoms with E-state index >= 15 is 0 Å². The maximum atomic E-state index is 13.4. The molecule has 4 rings (SSSR count). The summed E-state index contributed by atoms with van der Waals surface area (Å²) in [7, 11) is 1.99. The van der Waals surface area contributed by atoms with E-state index in [1.165, 1.54) is 18.2 Å². The van der Waals surface area contributed by atoms with Crippen LogP contribution in [0.1, 0.15) is 36.5 Å². The molecule has 1 amide bonds. The molecule has 0 N–H and O–H groups in total. The van der Waals surface area contributed by atoms with Gasteiger partial charge in [-0.25, -0.2) is 0 Å². The van der Waals surface area contributed by atoms with Crippen LogP contribution < -0.4 is 4.90 Å². The molecule has 0 aliphatic carbocycles. The summed E-state index contributed by atoms with van der Waals surface area (Å²) >= 11 is 0. The summed E-state index contributed by atoms with van der Waals surface area (Å²) in [4.78, 5) is 23.8. The number of benzene rings is 2. The number of amides is 1. The van der Waals surface area contributed by atoms with Crippen molar-refractivity contribution in [2.75, 3.05) is 31.6 Å². The fourth-order valence-electron chi connectivity index (χ4n) is 4.74. The van der Waals surface area contributed by atoms with Crippen molar-refractivity contribution in [2.45, 2.75) is 38.5 Å². The van der Waals surface area contributed by atoms with Crippen LogP contribution in [-0.2, 0) is 17.5 Å². The Morgan fingerprint density at radius 2 is 1.68 bits per heavy atom. The standard InChI is InChI=1S/C30H33F3N4O/c1-3-36-20-4-5-28(22-36)37(29(38)15-10-23-6-11-25(12-7-23)30(31,32)33)21-24-8-13-26(14-9-24)35(2)27-16-18-34-19-17-27/h6-19,28H,3-5,20-22H2,1-2H3/t28-/m0/s1. The smallest absolute Gasteiger partial charge is 0.345 e. The SMILES string of the molecule is CCN1CCC[C@H](N(Cc2ccc(N(C)c3ccncc3)cc2)C(=O)C=Cc2ccc(C(F)(F)F)cc2)C1. The summed E-state index contributed by atoms with van der Waals surface area (Å²) in [5, 5.41) is 0. The monoisotopic (exact) mass is 522 g/mol. The summed E-state index contributed by atoms with van der Waals surface area (Å²) in [5.41, 5.74) is 2.91. The molecular weight excluding hydrogens is 489 g/mol. The van der Waals surface area contributed by atoms with E-state index in [-0.39, 0.29) is 11.9 Å². The number of carbonyl (C=O) groups excluding carboxylic acids is 1. The number of hydrogen-bond acceptors (Lipinski definition) is 4. The second-order valence-corrected chi connectivity index (χ2v) is 9.54. The minimum Gasteiger partial charge on any atom is -0.345 e. The highest BCUT2D eigenvalue weighted by molar-refractivity contribution is 5.92. The molecular formula is C30H33F3N4O. The number of likely N-dealkylation sites (tertiary alicyclic amines) is 1. The third-order valence-corrected chi connectivity index (χ3v) is 7.03. The van der Waals surface area contributed by atoms with Crippen LogP contribution in [0.3, 0.4) is 0 Å². The van der Waals surface area contributed by atoms with Gasteiger partial charge in [0.2, 0.25) is 5.91 Å². The Labute approximate surface area is 222 Å². The number of halogens is 3. The first-order valence-electron chi connectivity index (χ1n) is 12.9. The zero-order valence-electron chi connectivity index (χ0n) is 21.7. The van der Waals surface area contributed by atoms with E-state index in [1.807, 2.05) is 48.3 Å². The Bertz CT molecular complexity index is 1210. The first-order valence-corrected chi connectivity index (χ1v) is 12.9. The zero-order chi connectivity index (χ0) is 27.1. The van der Waals surface area contributed by atoms with Crippen molar-refractivity contribution in [3.05, 3.63) is 95.8 Å². The fourth-order valence-corrected chi connectivity index (χ4v) is 4.74. The number of alkyl halides is 3. The van der Waals surface area contributed by atoms with Crippen LogP contribution in [0.15, 0.2) is 79.1 Å². The lowest BCUT2D eigenvalue weighted by Crippen LogP contribution is -2.49. The molecule has 0 spiro atoms. The van der Waals surface area contributed by atoms with Crippen LogP contribution in [0.25, 0.3) is 6.08 Å². The number of likely N-dealkylation sites (N-methyl/N-ethyl adjacent to an activating group) is 1. The summed E-state index contributed by atoms with van der Waals surface area (Å²) in [6.07, 6.45) is 4.11. The van der Waals surface area contributed by atoms with E-state index < -0.39 is 11.7 Å². The Morgan fingerprint density at radius 3 is 2.32 bits per heavy atom. The topological polar surface area (TPSA) is 39.7 Å². The number of rotatable bonds is 8. The van der Waals surface area contributed by atoms with Gasteiger partial charge in [0.1, 0.15) is 0 Å². The van der Waals surface area contributed by atoms with Crippen molar-refractivity contribution in [3.63, 3.8) is 0 Å². The van der Waals surface area contributed by atoms with Crippen molar-refractivity contribution in [1.29, 1.82) is 0 Å². The molecule has 5 nitrogen and oxygen atoms in total. The van der Waals surface area contributed by atoms with Crippen LogP contribution in [0.4, 0.5) is 24.5 Å². The average Bonchev–Trinajstić information content (AvgIpc) is 2.95. The number of pyridine rings is 1. The first kappa shape index (κ1) is 27.4. The minimum atomic E-state index is -4.39. The van der Waals surface area contributed by atoms with E-state index in [4.69, 9.17) is 0 Å². The van der Waals surface area contributed by atoms with Crippen molar-refractivity contribution in [2.24, 2.45) is 0 Å². The van der Waals surface area contributed by atoms with Gasteiger partial charge < -0.3 is 14.7 Å². The van der Waals surface area contributed by atoms with Crippen LogP contribution in [0.5, 0.6) is 0 Å². The van der Waals surface area contributed by atoms with Gasteiger partial charge in [-0.2, -0.15) is 13.2 Å². The van der Waals surface area contributed by atoms with Crippen molar-refractivity contribution >= 4 is 23.4 Å². The molecule has 1 aromatic heterocycles. The predicted octanol–water partition coefficient (Wildman–Crippen LogP) is 6.39. The normalized spacial score (nSPS) is 16.5. The lowest BCUT2D eigenvalue weighted by Gasteiger charge is -2.39. The molecule has 1 saturated heterocycles. The van der Waals surface area contributed by atoms with E-state index in [0.717, 1.165) is 61.5 Å². The second-order valence-electron chi connectivity index (χ2n) is 9.54. The molecule has 1 atom stereocenters. The van der Waals surface area contributed by atoms with Crippen LogP contribution in [-0.4, -0.2) is 53.4 Å².